The summed E-state index contributed by atoms with van der Waals surface area (Å²) in [4.78, 5) is 11.2. The Balaban J connectivity index is 2.09. The first-order valence-corrected chi connectivity index (χ1v) is 6.93. The van der Waals surface area contributed by atoms with Crippen molar-refractivity contribution in [3.63, 3.8) is 0 Å². The summed E-state index contributed by atoms with van der Waals surface area (Å²) in [6, 6.07) is 11.2. The van der Waals surface area contributed by atoms with Gasteiger partial charge in [0, 0.05) is 5.02 Å². The highest BCUT2D eigenvalue weighted by Crippen LogP contribution is 2.32. The molecule has 0 amide bonds. The van der Waals surface area contributed by atoms with Gasteiger partial charge in [-0.15, -0.1) is 10.2 Å². The lowest BCUT2D eigenvalue weighted by atomic mass is 10.1. The molecule has 0 unspecified atom stereocenters. The van der Waals surface area contributed by atoms with Gasteiger partial charge in [-0.3, -0.25) is 0 Å². The van der Waals surface area contributed by atoms with E-state index in [4.69, 9.17) is 27.6 Å². The lowest BCUT2D eigenvalue weighted by Gasteiger charge is -2.01. The molecule has 7 heteroatoms. The third kappa shape index (κ3) is 2.68. The molecule has 110 valence electrons. The van der Waals surface area contributed by atoms with Crippen LogP contribution in [0.5, 0.6) is 0 Å². The van der Waals surface area contributed by atoms with Crippen molar-refractivity contribution in [2.45, 2.75) is 0 Å². The molecule has 0 aliphatic carbocycles. The first kappa shape index (κ1) is 14.6. The average Bonchev–Trinajstić information content (AvgIpc) is 2.99. The van der Waals surface area contributed by atoms with Gasteiger partial charge in [0.15, 0.2) is 0 Å². The Morgan fingerprint density at radius 1 is 1.00 bits per heavy atom. The third-order valence-electron chi connectivity index (χ3n) is 2.97. The van der Waals surface area contributed by atoms with E-state index in [0.29, 0.717) is 21.2 Å². The average molecular weight is 335 g/mol. The molecule has 0 aliphatic rings. The number of aromatic nitrogens is 2. The van der Waals surface area contributed by atoms with Crippen LogP contribution < -0.4 is 0 Å². The van der Waals surface area contributed by atoms with E-state index in [2.05, 4.69) is 10.2 Å². The standard InChI is InChI=1S/C15H8Cl2N2O3/c16-8-5-6-12(17)11(7-8)14-19-18-13(22-14)9-3-1-2-4-10(9)15(20)21/h1-7H,(H,20,21). The van der Waals surface area contributed by atoms with Crippen LogP contribution in [0.25, 0.3) is 22.9 Å². The molecule has 0 bridgehead atoms. The van der Waals surface area contributed by atoms with Crippen LogP contribution in [0.15, 0.2) is 46.9 Å². The maximum atomic E-state index is 11.2. The summed E-state index contributed by atoms with van der Waals surface area (Å²) in [7, 11) is 0. The molecular weight excluding hydrogens is 327 g/mol. The lowest BCUT2D eigenvalue weighted by Crippen LogP contribution is -1.98. The number of aromatic carboxylic acids is 1. The molecule has 2 aromatic carbocycles. The topological polar surface area (TPSA) is 76.2 Å². The first-order chi connectivity index (χ1) is 10.6. The van der Waals surface area contributed by atoms with Gasteiger partial charge >= 0.3 is 5.97 Å². The monoisotopic (exact) mass is 334 g/mol. The van der Waals surface area contributed by atoms with E-state index in [1.165, 1.54) is 6.07 Å². The number of carboxylic acid groups (broad SMARTS) is 1. The Morgan fingerprint density at radius 3 is 2.41 bits per heavy atom. The molecular formula is C15H8Cl2N2O3. The van der Waals surface area contributed by atoms with E-state index in [1.807, 2.05) is 0 Å². The SMILES string of the molecule is O=C(O)c1ccccc1-c1nnc(-c2cc(Cl)ccc2Cl)o1. The smallest absolute Gasteiger partial charge is 0.336 e. The lowest BCUT2D eigenvalue weighted by molar-refractivity contribution is 0.0697. The molecule has 0 saturated carbocycles. The molecule has 5 nitrogen and oxygen atoms in total. The summed E-state index contributed by atoms with van der Waals surface area (Å²) in [6.45, 7) is 0. The first-order valence-electron chi connectivity index (χ1n) is 6.18. The summed E-state index contributed by atoms with van der Waals surface area (Å²) in [6.07, 6.45) is 0. The van der Waals surface area contributed by atoms with Crippen molar-refractivity contribution >= 4 is 29.2 Å². The van der Waals surface area contributed by atoms with E-state index in [0.717, 1.165) is 0 Å². The normalized spacial score (nSPS) is 10.6. The van der Waals surface area contributed by atoms with Crippen molar-refractivity contribution in [2.24, 2.45) is 0 Å². The van der Waals surface area contributed by atoms with Gasteiger partial charge in [0.05, 0.1) is 21.7 Å². The van der Waals surface area contributed by atoms with E-state index in [1.54, 1.807) is 36.4 Å². The zero-order valence-corrected chi connectivity index (χ0v) is 12.5. The van der Waals surface area contributed by atoms with Crippen molar-refractivity contribution in [3.8, 4) is 22.9 Å². The van der Waals surface area contributed by atoms with Gasteiger partial charge < -0.3 is 9.52 Å². The minimum absolute atomic E-state index is 0.0786. The molecule has 1 heterocycles. The number of carbonyl (C=O) groups is 1. The van der Waals surface area contributed by atoms with Crippen molar-refractivity contribution in [1.82, 2.24) is 10.2 Å². The Kier molecular flexibility index (Phi) is 3.83. The summed E-state index contributed by atoms with van der Waals surface area (Å²) in [5.41, 5.74) is 0.905. The number of hydrogen-bond donors (Lipinski definition) is 1. The van der Waals surface area contributed by atoms with Crippen molar-refractivity contribution < 1.29 is 14.3 Å². The van der Waals surface area contributed by atoms with Crippen LogP contribution in [0, 0.1) is 0 Å². The molecule has 0 spiro atoms. The second kappa shape index (κ2) is 5.79. The molecule has 1 aromatic heterocycles. The fourth-order valence-electron chi connectivity index (χ4n) is 1.96. The molecule has 1 N–H and O–H groups in total. The fraction of sp³-hybridized carbons (Fsp3) is 0. The zero-order chi connectivity index (χ0) is 15.7. The van der Waals surface area contributed by atoms with Gasteiger partial charge in [0.25, 0.3) is 0 Å². The fourth-order valence-corrected chi connectivity index (χ4v) is 2.33. The Labute approximate surface area is 135 Å². The van der Waals surface area contributed by atoms with Gasteiger partial charge in [-0.25, -0.2) is 4.79 Å². The van der Waals surface area contributed by atoms with Crippen LogP contribution in [-0.2, 0) is 0 Å². The third-order valence-corrected chi connectivity index (χ3v) is 3.54. The van der Waals surface area contributed by atoms with Crippen molar-refractivity contribution in [3.05, 3.63) is 58.1 Å². The maximum Gasteiger partial charge on any atom is 0.336 e. The van der Waals surface area contributed by atoms with E-state index in [-0.39, 0.29) is 17.3 Å². The molecule has 22 heavy (non-hydrogen) atoms. The van der Waals surface area contributed by atoms with E-state index in [9.17, 15) is 9.90 Å². The van der Waals surface area contributed by atoms with Crippen molar-refractivity contribution in [1.29, 1.82) is 0 Å². The second-order valence-corrected chi connectivity index (χ2v) is 5.23. The van der Waals surface area contributed by atoms with Crippen LogP contribution in [0.2, 0.25) is 10.0 Å². The van der Waals surface area contributed by atoms with Crippen LogP contribution in [0.4, 0.5) is 0 Å². The molecule has 0 radical (unpaired) electrons. The minimum Gasteiger partial charge on any atom is -0.478 e. The number of carboxylic acids is 1. The van der Waals surface area contributed by atoms with Gasteiger partial charge in [0.2, 0.25) is 11.8 Å². The number of nitrogens with zero attached hydrogens (tertiary/aromatic N) is 2. The molecule has 0 fully saturated rings. The number of halogens is 2. The largest absolute Gasteiger partial charge is 0.478 e. The van der Waals surface area contributed by atoms with Crippen LogP contribution in [0.3, 0.4) is 0 Å². The number of benzene rings is 2. The molecule has 0 aliphatic heterocycles. The number of rotatable bonds is 3. The molecule has 0 atom stereocenters. The Hall–Kier alpha value is -2.37. The highest BCUT2D eigenvalue weighted by atomic mass is 35.5. The van der Waals surface area contributed by atoms with Gasteiger partial charge in [-0.2, -0.15) is 0 Å². The Morgan fingerprint density at radius 2 is 1.68 bits per heavy atom. The van der Waals surface area contributed by atoms with Gasteiger partial charge in [-0.05, 0) is 30.3 Å². The van der Waals surface area contributed by atoms with Crippen LogP contribution in [-0.4, -0.2) is 21.3 Å². The zero-order valence-electron chi connectivity index (χ0n) is 11.0. The van der Waals surface area contributed by atoms with Gasteiger partial charge in [0.1, 0.15) is 0 Å². The van der Waals surface area contributed by atoms with Crippen LogP contribution in [0.1, 0.15) is 10.4 Å². The molecule has 0 saturated heterocycles. The van der Waals surface area contributed by atoms with E-state index < -0.39 is 5.97 Å². The van der Waals surface area contributed by atoms with Crippen molar-refractivity contribution in [2.75, 3.05) is 0 Å². The summed E-state index contributed by atoms with van der Waals surface area (Å²) in [5, 5.41) is 17.9. The Bertz CT molecular complexity index is 861. The summed E-state index contributed by atoms with van der Waals surface area (Å²) >= 11 is 12.0. The number of hydrogen-bond acceptors (Lipinski definition) is 4. The predicted octanol–water partition coefficient (Wildman–Crippen LogP) is 4.41. The summed E-state index contributed by atoms with van der Waals surface area (Å²) in [5.74, 6) is -0.803. The minimum atomic E-state index is -1.07. The van der Waals surface area contributed by atoms with E-state index >= 15 is 0 Å². The highest BCUT2D eigenvalue weighted by Gasteiger charge is 2.18. The molecule has 3 aromatic rings. The second-order valence-electron chi connectivity index (χ2n) is 4.39. The van der Waals surface area contributed by atoms with Gasteiger partial charge in [-0.1, -0.05) is 35.3 Å². The summed E-state index contributed by atoms with van der Waals surface area (Å²) < 4.78 is 5.55. The maximum absolute atomic E-state index is 11.2. The quantitative estimate of drug-likeness (QED) is 0.767. The highest BCUT2D eigenvalue weighted by molar-refractivity contribution is 6.35. The van der Waals surface area contributed by atoms with Crippen LogP contribution >= 0.6 is 23.2 Å². The molecule has 3 rings (SSSR count). The predicted molar refractivity (Wildman–Crippen MR) is 82.1 cm³/mol.